The van der Waals surface area contributed by atoms with Gasteiger partial charge in [0.25, 0.3) is 5.69 Å². The lowest BCUT2D eigenvalue weighted by Crippen LogP contribution is -2.32. The zero-order valence-electron chi connectivity index (χ0n) is 9.03. The maximum Gasteiger partial charge on any atom is 0.261 e. The Hall–Kier alpha value is 0.880. The topological polar surface area (TPSA) is 21.7 Å². The van der Waals surface area contributed by atoms with E-state index in [4.69, 9.17) is 20.9 Å². The van der Waals surface area contributed by atoms with Crippen molar-refractivity contribution >= 4 is 29.1 Å². The standard InChI is InChI=1S/C7H18NO2PS2/c1-7(2,3)8(4)13-11(12,9-5)10-6/h1-6H3. The Balaban J connectivity index is 4.35. The minimum atomic E-state index is -2.16. The first-order valence-electron chi connectivity index (χ1n) is 3.90. The van der Waals surface area contributed by atoms with Crippen LogP contribution in [0.5, 0.6) is 0 Å². The molecule has 0 atom stereocenters. The van der Waals surface area contributed by atoms with Gasteiger partial charge in [-0.2, -0.15) is 0 Å². The van der Waals surface area contributed by atoms with Gasteiger partial charge in [-0.15, -0.1) is 0 Å². The van der Waals surface area contributed by atoms with Crippen LogP contribution in [0.4, 0.5) is 0 Å². The fourth-order valence-corrected chi connectivity index (χ4v) is 4.18. The Labute approximate surface area is 90.2 Å². The summed E-state index contributed by atoms with van der Waals surface area (Å²) >= 11 is 6.71. The molecule has 0 bridgehead atoms. The molecule has 0 aliphatic heterocycles. The van der Waals surface area contributed by atoms with Gasteiger partial charge in [-0.25, -0.2) is 4.31 Å². The smallest absolute Gasteiger partial charge is 0.261 e. The van der Waals surface area contributed by atoms with E-state index in [1.807, 2.05) is 7.05 Å². The van der Waals surface area contributed by atoms with Crippen LogP contribution in [0.3, 0.4) is 0 Å². The molecular formula is C7H18NO2PS2. The Morgan fingerprint density at radius 2 is 1.62 bits per heavy atom. The normalized spacial score (nSPS) is 13.8. The molecule has 0 N–H and O–H groups in total. The number of hydrogen-bond donors (Lipinski definition) is 0. The summed E-state index contributed by atoms with van der Waals surface area (Å²) in [7, 11) is 5.17. The first-order chi connectivity index (χ1) is 5.75. The molecule has 0 aromatic heterocycles. The molecule has 0 aromatic rings. The molecule has 0 spiro atoms. The second-order valence-corrected chi connectivity index (χ2v) is 9.97. The summed E-state index contributed by atoms with van der Waals surface area (Å²) in [5.74, 6) is 0. The van der Waals surface area contributed by atoms with Gasteiger partial charge >= 0.3 is 0 Å². The van der Waals surface area contributed by atoms with Crippen LogP contribution in [0, 0.1) is 0 Å². The maximum atomic E-state index is 5.24. The van der Waals surface area contributed by atoms with Crippen LogP contribution in [-0.4, -0.2) is 31.1 Å². The van der Waals surface area contributed by atoms with Gasteiger partial charge < -0.3 is 9.05 Å². The molecule has 0 saturated heterocycles. The predicted molar refractivity (Wildman–Crippen MR) is 63.4 cm³/mol. The Morgan fingerprint density at radius 3 is 1.85 bits per heavy atom. The second-order valence-electron chi connectivity index (χ2n) is 3.56. The minimum Gasteiger partial charge on any atom is -0.324 e. The third-order valence-electron chi connectivity index (χ3n) is 1.61. The molecule has 0 saturated carbocycles. The first kappa shape index (κ1) is 13.9. The molecule has 13 heavy (non-hydrogen) atoms. The molecule has 80 valence electrons. The van der Waals surface area contributed by atoms with Crippen molar-refractivity contribution < 1.29 is 9.05 Å². The molecule has 0 unspecified atom stereocenters. The highest BCUT2D eigenvalue weighted by molar-refractivity contribution is 8.67. The van der Waals surface area contributed by atoms with Crippen molar-refractivity contribution in [2.45, 2.75) is 26.3 Å². The van der Waals surface area contributed by atoms with E-state index in [2.05, 4.69) is 25.1 Å². The lowest BCUT2D eigenvalue weighted by molar-refractivity contribution is 0.315. The highest BCUT2D eigenvalue weighted by Gasteiger charge is 2.26. The van der Waals surface area contributed by atoms with Crippen LogP contribution in [0.15, 0.2) is 0 Å². The van der Waals surface area contributed by atoms with Crippen molar-refractivity contribution in [1.82, 2.24) is 4.31 Å². The fraction of sp³-hybridized carbons (Fsp3) is 1.00. The molecule has 0 aliphatic rings. The summed E-state index contributed by atoms with van der Waals surface area (Å²) in [5.41, 5.74) is -2.10. The average molecular weight is 243 g/mol. The Bertz CT molecular complexity index is 197. The molecular weight excluding hydrogens is 225 g/mol. The van der Waals surface area contributed by atoms with Crippen molar-refractivity contribution in [2.24, 2.45) is 0 Å². The fourth-order valence-electron chi connectivity index (χ4n) is 0.414. The molecule has 3 nitrogen and oxygen atoms in total. The lowest BCUT2D eigenvalue weighted by atomic mass is 10.1. The van der Waals surface area contributed by atoms with Crippen LogP contribution >= 0.6 is 17.3 Å². The monoisotopic (exact) mass is 243 g/mol. The quantitative estimate of drug-likeness (QED) is 0.557. The second kappa shape index (κ2) is 5.10. The largest absolute Gasteiger partial charge is 0.324 e. The van der Waals surface area contributed by atoms with Crippen LogP contribution in [0.25, 0.3) is 0 Å². The van der Waals surface area contributed by atoms with E-state index >= 15 is 0 Å². The highest BCUT2D eigenvalue weighted by Crippen LogP contribution is 2.61. The zero-order valence-corrected chi connectivity index (χ0v) is 11.6. The van der Waals surface area contributed by atoms with Crippen molar-refractivity contribution in [3.63, 3.8) is 0 Å². The van der Waals surface area contributed by atoms with Gasteiger partial charge in [0.1, 0.15) is 0 Å². The minimum absolute atomic E-state index is 0.0613. The third kappa shape index (κ3) is 4.77. The van der Waals surface area contributed by atoms with E-state index < -0.39 is 5.69 Å². The number of hydrogen-bond acceptors (Lipinski definition) is 5. The highest BCUT2D eigenvalue weighted by atomic mass is 32.9. The number of rotatable bonds is 4. The predicted octanol–water partition coefficient (Wildman–Crippen LogP) is 2.88. The molecule has 6 heteroatoms. The number of nitrogens with zero attached hydrogens (tertiary/aromatic N) is 1. The Morgan fingerprint density at radius 1 is 1.23 bits per heavy atom. The first-order valence-corrected chi connectivity index (χ1v) is 7.92. The molecule has 0 rings (SSSR count). The molecule has 0 aliphatic carbocycles. The SMILES string of the molecule is COP(=S)(OC)SN(C)C(C)(C)C. The summed E-state index contributed by atoms with van der Waals surface area (Å²) in [6, 6.07) is 0. The average Bonchev–Trinajstić information content (AvgIpc) is 2.02. The van der Waals surface area contributed by atoms with E-state index in [0.717, 1.165) is 0 Å². The van der Waals surface area contributed by atoms with Crippen LogP contribution in [-0.2, 0) is 20.9 Å². The van der Waals surface area contributed by atoms with Crippen molar-refractivity contribution in [2.75, 3.05) is 21.3 Å². The van der Waals surface area contributed by atoms with E-state index in [1.54, 1.807) is 14.2 Å². The van der Waals surface area contributed by atoms with Gasteiger partial charge in [0.2, 0.25) is 0 Å². The van der Waals surface area contributed by atoms with Crippen LogP contribution in [0.2, 0.25) is 0 Å². The van der Waals surface area contributed by atoms with E-state index in [-0.39, 0.29) is 5.54 Å². The van der Waals surface area contributed by atoms with Gasteiger partial charge in [0, 0.05) is 31.3 Å². The lowest BCUT2D eigenvalue weighted by Gasteiger charge is -2.33. The van der Waals surface area contributed by atoms with Crippen molar-refractivity contribution in [1.29, 1.82) is 0 Å². The van der Waals surface area contributed by atoms with Crippen molar-refractivity contribution in [3.05, 3.63) is 0 Å². The maximum absolute atomic E-state index is 5.24. The summed E-state index contributed by atoms with van der Waals surface area (Å²) in [5, 5.41) is 0. The third-order valence-corrected chi connectivity index (χ3v) is 7.23. The van der Waals surface area contributed by atoms with Gasteiger partial charge in [-0.3, -0.25) is 0 Å². The summed E-state index contributed by atoms with van der Waals surface area (Å²) in [6.07, 6.45) is 0. The molecule has 0 fully saturated rings. The molecule has 0 amide bonds. The summed E-state index contributed by atoms with van der Waals surface area (Å²) in [4.78, 5) is 0. The molecule has 0 aromatic carbocycles. The van der Waals surface area contributed by atoms with Crippen LogP contribution in [0.1, 0.15) is 20.8 Å². The van der Waals surface area contributed by atoms with Crippen molar-refractivity contribution in [3.8, 4) is 0 Å². The van der Waals surface area contributed by atoms with E-state index in [9.17, 15) is 0 Å². The van der Waals surface area contributed by atoms with Gasteiger partial charge in [0.05, 0.1) is 0 Å². The van der Waals surface area contributed by atoms with Crippen LogP contribution < -0.4 is 0 Å². The van der Waals surface area contributed by atoms with E-state index in [0.29, 0.717) is 0 Å². The Kier molecular flexibility index (Phi) is 5.44. The van der Waals surface area contributed by atoms with Gasteiger partial charge in [0.15, 0.2) is 0 Å². The molecule has 0 radical (unpaired) electrons. The summed E-state index contributed by atoms with van der Waals surface area (Å²) in [6.45, 7) is 6.35. The molecule has 0 heterocycles. The van der Waals surface area contributed by atoms with Gasteiger partial charge in [-0.1, -0.05) is 0 Å². The van der Waals surface area contributed by atoms with Gasteiger partial charge in [-0.05, 0) is 39.6 Å². The summed E-state index contributed by atoms with van der Waals surface area (Å²) < 4.78 is 12.4. The van der Waals surface area contributed by atoms with E-state index in [1.165, 1.54) is 11.6 Å². The zero-order chi connectivity index (χ0) is 10.7.